The van der Waals surface area contributed by atoms with Gasteiger partial charge in [-0.3, -0.25) is 4.90 Å². The summed E-state index contributed by atoms with van der Waals surface area (Å²) in [5.74, 6) is -0.250. The van der Waals surface area contributed by atoms with Gasteiger partial charge in [0.2, 0.25) is 0 Å². The molecule has 1 N–H and O–H groups in total. The van der Waals surface area contributed by atoms with Crippen LogP contribution < -0.4 is 10.1 Å². The van der Waals surface area contributed by atoms with E-state index in [1.807, 2.05) is 4.90 Å². The predicted molar refractivity (Wildman–Crippen MR) is 80.6 cm³/mol. The number of hydrogen-bond acceptors (Lipinski definition) is 3. The Hall–Kier alpha value is -0.620. The lowest BCUT2D eigenvalue weighted by Crippen LogP contribution is -2.45. The molecule has 0 aliphatic carbocycles. The van der Waals surface area contributed by atoms with Gasteiger partial charge >= 0.3 is 0 Å². The van der Waals surface area contributed by atoms with Gasteiger partial charge in [0, 0.05) is 26.2 Å². The van der Waals surface area contributed by atoms with Crippen molar-refractivity contribution in [3.63, 3.8) is 0 Å². The molecular weight excluding hydrogens is 309 g/mol. The molecule has 1 saturated heterocycles. The third-order valence-electron chi connectivity index (χ3n) is 3.30. The Morgan fingerprint density at radius 1 is 1.30 bits per heavy atom. The second kappa shape index (κ2) is 9.34. The predicted octanol–water partition coefficient (Wildman–Crippen LogP) is 2.59. The smallest absolute Gasteiger partial charge is 0.165 e. The van der Waals surface area contributed by atoms with Gasteiger partial charge in [0.1, 0.15) is 6.67 Å². The van der Waals surface area contributed by atoms with Gasteiger partial charge < -0.3 is 10.1 Å². The minimum absolute atomic E-state index is 0. The van der Waals surface area contributed by atoms with Crippen molar-refractivity contribution in [2.45, 2.75) is 6.04 Å². The van der Waals surface area contributed by atoms with Gasteiger partial charge in [-0.25, -0.2) is 8.78 Å². The van der Waals surface area contributed by atoms with Crippen molar-refractivity contribution in [2.24, 2.45) is 0 Å². The molecular formula is C13H20Cl2F2N2O. The highest BCUT2D eigenvalue weighted by atomic mass is 35.5. The summed E-state index contributed by atoms with van der Waals surface area (Å²) < 4.78 is 31.7. The van der Waals surface area contributed by atoms with E-state index in [-0.39, 0.29) is 36.6 Å². The zero-order valence-corrected chi connectivity index (χ0v) is 12.9. The molecule has 1 aliphatic rings. The first kappa shape index (κ1) is 19.4. The van der Waals surface area contributed by atoms with Crippen LogP contribution in [0.1, 0.15) is 11.6 Å². The van der Waals surface area contributed by atoms with Crippen molar-refractivity contribution < 1.29 is 13.5 Å². The van der Waals surface area contributed by atoms with Crippen LogP contribution >= 0.6 is 24.8 Å². The van der Waals surface area contributed by atoms with Crippen molar-refractivity contribution in [2.75, 3.05) is 40.0 Å². The first-order valence-corrected chi connectivity index (χ1v) is 6.10. The molecule has 0 saturated carbocycles. The van der Waals surface area contributed by atoms with E-state index in [0.29, 0.717) is 5.56 Å². The molecule has 0 spiro atoms. The van der Waals surface area contributed by atoms with E-state index in [0.717, 1.165) is 26.2 Å². The quantitative estimate of drug-likeness (QED) is 0.919. The second-order valence-electron chi connectivity index (χ2n) is 4.35. The molecule has 0 unspecified atom stereocenters. The summed E-state index contributed by atoms with van der Waals surface area (Å²) in [6.07, 6.45) is 0. The van der Waals surface area contributed by atoms with E-state index >= 15 is 0 Å². The first-order chi connectivity index (χ1) is 8.76. The number of alkyl halides is 1. The molecule has 1 heterocycles. The third-order valence-corrected chi connectivity index (χ3v) is 3.30. The molecule has 20 heavy (non-hydrogen) atoms. The monoisotopic (exact) mass is 328 g/mol. The number of rotatable bonds is 4. The van der Waals surface area contributed by atoms with Crippen LogP contribution in [0.15, 0.2) is 18.2 Å². The number of hydrogen-bond donors (Lipinski definition) is 1. The summed E-state index contributed by atoms with van der Waals surface area (Å²) >= 11 is 0. The van der Waals surface area contributed by atoms with Crippen LogP contribution in [0.5, 0.6) is 5.75 Å². The van der Waals surface area contributed by atoms with Crippen molar-refractivity contribution in [3.8, 4) is 5.75 Å². The molecule has 0 radical (unpaired) electrons. The average Bonchev–Trinajstić information content (AvgIpc) is 2.41. The van der Waals surface area contributed by atoms with Gasteiger partial charge in [-0.15, -0.1) is 24.8 Å². The van der Waals surface area contributed by atoms with Crippen LogP contribution in [-0.4, -0.2) is 44.9 Å². The molecule has 1 aromatic carbocycles. The zero-order chi connectivity index (χ0) is 13.0. The average molecular weight is 329 g/mol. The summed E-state index contributed by atoms with van der Waals surface area (Å²) in [6.45, 7) is 2.74. The lowest BCUT2D eigenvalue weighted by Gasteiger charge is -2.33. The fraction of sp³-hybridized carbons (Fsp3) is 0.538. The summed E-state index contributed by atoms with van der Waals surface area (Å²) in [4.78, 5) is 2.04. The molecule has 0 aromatic heterocycles. The van der Waals surface area contributed by atoms with Gasteiger partial charge in [-0.05, 0) is 17.7 Å². The number of benzene rings is 1. The fourth-order valence-corrected chi connectivity index (χ4v) is 2.28. The Kier molecular flexibility index (Phi) is 9.05. The minimum Gasteiger partial charge on any atom is -0.494 e. The topological polar surface area (TPSA) is 24.5 Å². The molecule has 2 rings (SSSR count). The SMILES string of the molecule is COc1ccc([C@@H](CF)N2CCNCC2)cc1F.Cl.Cl. The van der Waals surface area contributed by atoms with Crippen LogP contribution in [-0.2, 0) is 0 Å². The highest BCUT2D eigenvalue weighted by Crippen LogP contribution is 2.26. The van der Waals surface area contributed by atoms with Gasteiger partial charge in [0.25, 0.3) is 0 Å². The Morgan fingerprint density at radius 3 is 2.45 bits per heavy atom. The molecule has 1 fully saturated rings. The third kappa shape index (κ3) is 4.45. The summed E-state index contributed by atoms with van der Waals surface area (Å²) in [7, 11) is 1.42. The maximum absolute atomic E-state index is 13.6. The Labute approximate surface area is 130 Å². The van der Waals surface area contributed by atoms with E-state index in [1.54, 1.807) is 12.1 Å². The number of nitrogens with one attached hydrogen (secondary N) is 1. The Balaban J connectivity index is 0.00000180. The van der Waals surface area contributed by atoms with Crippen LogP contribution in [0.3, 0.4) is 0 Å². The van der Waals surface area contributed by atoms with Crippen LogP contribution in [0.2, 0.25) is 0 Å². The molecule has 116 valence electrons. The van der Waals surface area contributed by atoms with Gasteiger partial charge in [-0.2, -0.15) is 0 Å². The molecule has 1 aliphatic heterocycles. The lowest BCUT2D eigenvalue weighted by atomic mass is 10.1. The maximum atomic E-state index is 13.6. The summed E-state index contributed by atoms with van der Waals surface area (Å²) in [6, 6.07) is 4.28. The van der Waals surface area contributed by atoms with Crippen molar-refractivity contribution in [3.05, 3.63) is 29.6 Å². The van der Waals surface area contributed by atoms with Crippen LogP contribution in [0.25, 0.3) is 0 Å². The van der Waals surface area contributed by atoms with Crippen molar-refractivity contribution >= 4 is 24.8 Å². The van der Waals surface area contributed by atoms with Crippen molar-refractivity contribution in [1.29, 1.82) is 0 Å². The molecule has 1 aromatic rings. The molecule has 1 atom stereocenters. The number of nitrogens with zero attached hydrogens (tertiary/aromatic N) is 1. The Morgan fingerprint density at radius 2 is 1.95 bits per heavy atom. The first-order valence-electron chi connectivity index (χ1n) is 6.10. The van der Waals surface area contributed by atoms with E-state index in [1.165, 1.54) is 13.2 Å². The highest BCUT2D eigenvalue weighted by molar-refractivity contribution is 5.85. The molecule has 0 bridgehead atoms. The zero-order valence-electron chi connectivity index (χ0n) is 11.3. The normalized spacial score (nSPS) is 16.8. The molecule has 3 nitrogen and oxygen atoms in total. The second-order valence-corrected chi connectivity index (χ2v) is 4.35. The largest absolute Gasteiger partial charge is 0.494 e. The fourth-order valence-electron chi connectivity index (χ4n) is 2.28. The van der Waals surface area contributed by atoms with Crippen molar-refractivity contribution in [1.82, 2.24) is 10.2 Å². The van der Waals surface area contributed by atoms with E-state index in [2.05, 4.69) is 5.32 Å². The molecule has 0 amide bonds. The number of methoxy groups -OCH3 is 1. The van der Waals surface area contributed by atoms with Gasteiger partial charge in [0.05, 0.1) is 13.2 Å². The summed E-state index contributed by atoms with van der Waals surface area (Å²) in [5.41, 5.74) is 0.665. The summed E-state index contributed by atoms with van der Waals surface area (Å²) in [5, 5.41) is 3.22. The lowest BCUT2D eigenvalue weighted by molar-refractivity contribution is 0.147. The van der Waals surface area contributed by atoms with E-state index < -0.39 is 12.5 Å². The Bertz CT molecular complexity index is 404. The van der Waals surface area contributed by atoms with Gasteiger partial charge in [0.15, 0.2) is 11.6 Å². The number of halogens is 4. The maximum Gasteiger partial charge on any atom is 0.165 e. The standard InChI is InChI=1S/C13H18F2N2O.2ClH/c1-18-13-3-2-10(8-11(13)15)12(9-14)17-6-4-16-5-7-17;;/h2-3,8,12,16H,4-7,9H2,1H3;2*1H/t12-;;/m1../s1. The van der Waals surface area contributed by atoms with E-state index in [9.17, 15) is 8.78 Å². The van der Waals surface area contributed by atoms with Gasteiger partial charge in [-0.1, -0.05) is 6.07 Å². The van der Waals surface area contributed by atoms with Crippen LogP contribution in [0, 0.1) is 5.82 Å². The highest BCUT2D eigenvalue weighted by Gasteiger charge is 2.22. The number of piperazine rings is 1. The minimum atomic E-state index is -0.508. The number of ether oxygens (including phenoxy) is 1. The molecule has 7 heteroatoms. The van der Waals surface area contributed by atoms with E-state index in [4.69, 9.17) is 4.74 Å². The van der Waals surface area contributed by atoms with Crippen LogP contribution in [0.4, 0.5) is 8.78 Å².